The zero-order valence-electron chi connectivity index (χ0n) is 62.4. The first kappa shape index (κ1) is 100. The largest absolute Gasteiger partial charge is 0.467 e. The third kappa shape index (κ3) is 70.1. The lowest BCUT2D eigenvalue weighted by Crippen LogP contribution is -2.48. The number of nitrogens with two attached hydrogens (primary N) is 4. The van der Waals surface area contributed by atoms with Crippen LogP contribution in [0.4, 0.5) is 0 Å². The van der Waals surface area contributed by atoms with Gasteiger partial charge in [0.05, 0.1) is 205 Å². The Labute approximate surface area is 623 Å². The average Bonchev–Trinajstić information content (AvgIpc) is 0.963. The van der Waals surface area contributed by atoms with Gasteiger partial charge in [0.1, 0.15) is 57.8 Å². The number of carbonyl (C=O) groups excluding carboxylic acids is 9. The second kappa shape index (κ2) is 78.9. The lowest BCUT2D eigenvalue weighted by molar-refractivity contribution is -0.146. The minimum Gasteiger partial charge on any atom is -0.467 e. The highest BCUT2D eigenvalue weighted by Gasteiger charge is 2.24. The van der Waals surface area contributed by atoms with Crippen molar-refractivity contribution in [2.24, 2.45) is 22.9 Å². The molecule has 620 valence electrons. The number of carbonyl (C=O) groups is 9. The molecule has 0 aliphatic heterocycles. The van der Waals surface area contributed by atoms with E-state index in [1.165, 1.54) is 7.11 Å². The van der Waals surface area contributed by atoms with Crippen molar-refractivity contribution >= 4 is 53.2 Å². The van der Waals surface area contributed by atoms with Gasteiger partial charge in [-0.1, -0.05) is 0 Å². The summed E-state index contributed by atoms with van der Waals surface area (Å²) >= 11 is 0. The number of ether oxygens (including phenoxy) is 19. The molecule has 0 fully saturated rings. The van der Waals surface area contributed by atoms with Crippen molar-refractivity contribution in [1.82, 2.24) is 42.5 Å². The maximum atomic E-state index is 13.2. The first-order chi connectivity index (χ1) is 51.8. The zero-order valence-corrected chi connectivity index (χ0v) is 62.4. The summed E-state index contributed by atoms with van der Waals surface area (Å²) < 4.78 is 102. The Morgan fingerprint density at radius 1 is 0.236 bits per heavy atom. The van der Waals surface area contributed by atoms with Crippen LogP contribution in [0.3, 0.4) is 0 Å². The fourth-order valence-electron chi connectivity index (χ4n) is 8.43. The molecule has 0 heterocycles. The fraction of sp³-hybridized carbons (Fsp3) is 0.864. The highest BCUT2D eigenvalue weighted by Crippen LogP contribution is 2.05. The summed E-state index contributed by atoms with van der Waals surface area (Å²) in [5.74, 6) is -4.05. The van der Waals surface area contributed by atoms with Crippen LogP contribution in [-0.2, 0) is 133 Å². The van der Waals surface area contributed by atoms with Gasteiger partial charge in [0.2, 0.25) is 47.3 Å². The maximum absolute atomic E-state index is 13.2. The lowest BCUT2D eigenvalue weighted by atomic mass is 10.1. The Balaban J connectivity index is 4.46. The number of esters is 1. The predicted octanol–water partition coefficient (Wildman–Crippen LogP) is -6.55. The standard InChI is InChI=1S/C66H128N12O28/c1-88-66(87)57(78-63(84)54-106-48-42-100-36-30-93-23-17-74-64(85)55(76-61(82)52-104-46-40-97-33-27-91-21-12-69)7-2-4-14-71-58(79)49-101-43-37-95-31-25-89-19-10-67)8-3-5-15-72-59(80)50-102-45-39-99-35-29-94-24-18-75-65(86)56(77-62(83)53-105-47-41-98-34-28-92-22-13-70)9-6-16-73-60(81)51-103-44-38-96-32-26-90-20-11-68/h55-57H,2-54,67-70H2,1H3,(H,71,79)(H,72,80)(H,73,81)(H,74,85)(H,75,86)(H,76,82)(H,77,83)(H,78,84). The van der Waals surface area contributed by atoms with Gasteiger partial charge in [-0.15, -0.1) is 0 Å². The molecular formula is C66H128N12O28. The van der Waals surface area contributed by atoms with E-state index < -0.39 is 53.6 Å². The van der Waals surface area contributed by atoms with Crippen molar-refractivity contribution in [3.63, 3.8) is 0 Å². The topological polar surface area (TPSA) is 529 Å². The van der Waals surface area contributed by atoms with E-state index in [2.05, 4.69) is 42.5 Å². The van der Waals surface area contributed by atoms with Gasteiger partial charge in [0.25, 0.3) is 0 Å². The first-order valence-electron chi connectivity index (χ1n) is 36.3. The molecule has 40 nitrogen and oxygen atoms in total. The van der Waals surface area contributed by atoms with E-state index in [0.29, 0.717) is 164 Å². The molecule has 106 heavy (non-hydrogen) atoms. The average molecular weight is 1540 g/mol. The molecule has 0 aliphatic carbocycles. The molecule has 0 saturated heterocycles. The summed E-state index contributed by atoms with van der Waals surface area (Å²) in [6.07, 6.45) is 3.09. The Morgan fingerprint density at radius 2 is 0.453 bits per heavy atom. The maximum Gasteiger partial charge on any atom is 0.328 e. The molecule has 0 rings (SSSR count). The van der Waals surface area contributed by atoms with Gasteiger partial charge >= 0.3 is 5.97 Å². The molecule has 40 heteroatoms. The Bertz CT molecular complexity index is 2150. The van der Waals surface area contributed by atoms with Crippen LogP contribution < -0.4 is 65.5 Å². The van der Waals surface area contributed by atoms with Crippen LogP contribution in [0.2, 0.25) is 0 Å². The summed E-state index contributed by atoms with van der Waals surface area (Å²) in [5.41, 5.74) is 21.5. The van der Waals surface area contributed by atoms with Gasteiger partial charge in [-0.2, -0.15) is 0 Å². The summed E-state index contributed by atoms with van der Waals surface area (Å²) in [6.45, 7) is 9.66. The summed E-state index contributed by atoms with van der Waals surface area (Å²) in [7, 11) is 1.21. The summed E-state index contributed by atoms with van der Waals surface area (Å²) in [6, 6.07) is -2.75. The van der Waals surface area contributed by atoms with Gasteiger partial charge in [-0.25, -0.2) is 4.79 Å². The highest BCUT2D eigenvalue weighted by molar-refractivity contribution is 5.89. The third-order valence-electron chi connectivity index (χ3n) is 13.6. The van der Waals surface area contributed by atoms with Crippen molar-refractivity contribution in [3.05, 3.63) is 0 Å². The second-order valence-electron chi connectivity index (χ2n) is 22.5. The zero-order chi connectivity index (χ0) is 77.5. The monoisotopic (exact) mass is 1540 g/mol. The minimum atomic E-state index is -0.939. The van der Waals surface area contributed by atoms with E-state index in [0.717, 1.165) is 0 Å². The van der Waals surface area contributed by atoms with Crippen molar-refractivity contribution in [1.29, 1.82) is 0 Å². The van der Waals surface area contributed by atoms with Gasteiger partial charge in [0, 0.05) is 58.9 Å². The Hall–Kier alpha value is -5.65. The molecule has 3 unspecified atom stereocenters. The van der Waals surface area contributed by atoms with E-state index in [9.17, 15) is 43.2 Å². The van der Waals surface area contributed by atoms with E-state index in [1.54, 1.807) is 0 Å². The Morgan fingerprint density at radius 3 is 0.726 bits per heavy atom. The lowest BCUT2D eigenvalue weighted by Gasteiger charge is -2.19. The van der Waals surface area contributed by atoms with Crippen LogP contribution in [0.5, 0.6) is 0 Å². The van der Waals surface area contributed by atoms with Crippen LogP contribution in [0.15, 0.2) is 0 Å². The van der Waals surface area contributed by atoms with Crippen LogP contribution in [0.1, 0.15) is 51.4 Å². The molecule has 0 aromatic rings. The third-order valence-corrected chi connectivity index (χ3v) is 13.6. The molecule has 0 bridgehead atoms. The SMILES string of the molecule is COC(=O)C(CCCCNC(=O)COCCOCCOCCNC(=O)C(CCCNC(=O)COCCOCCOCCN)NC(=O)COCCOCCOCCN)NC(=O)COCCOCCOCCNC(=O)C(CCCCNC(=O)COCCOCCOCCN)NC(=O)COCCOCCOCCN. The highest BCUT2D eigenvalue weighted by atomic mass is 16.6. The van der Waals surface area contributed by atoms with Gasteiger partial charge in [-0.3, -0.25) is 38.4 Å². The van der Waals surface area contributed by atoms with Crippen LogP contribution >= 0.6 is 0 Å². The molecule has 3 atom stereocenters. The van der Waals surface area contributed by atoms with E-state index in [4.69, 9.17) is 113 Å². The second-order valence-corrected chi connectivity index (χ2v) is 22.5. The Kier molecular flexibility index (Phi) is 74.7. The van der Waals surface area contributed by atoms with E-state index in [-0.39, 0.29) is 202 Å². The number of rotatable bonds is 82. The minimum absolute atomic E-state index is 0.0694. The van der Waals surface area contributed by atoms with Crippen LogP contribution in [0.25, 0.3) is 0 Å². The molecule has 8 amide bonds. The van der Waals surface area contributed by atoms with Gasteiger partial charge in [0.15, 0.2) is 0 Å². The number of nitrogens with one attached hydrogen (secondary N) is 8. The van der Waals surface area contributed by atoms with E-state index in [1.807, 2.05) is 0 Å². The molecule has 0 aromatic heterocycles. The summed E-state index contributed by atoms with van der Waals surface area (Å²) in [4.78, 5) is 114. The van der Waals surface area contributed by atoms with E-state index >= 15 is 0 Å². The number of methoxy groups -OCH3 is 1. The van der Waals surface area contributed by atoms with Gasteiger partial charge < -0.3 is 155 Å². The molecular weight excluding hydrogens is 1410 g/mol. The van der Waals surface area contributed by atoms with Crippen LogP contribution in [0, 0.1) is 0 Å². The van der Waals surface area contributed by atoms with Crippen molar-refractivity contribution in [2.75, 3.05) is 304 Å². The molecule has 0 spiro atoms. The van der Waals surface area contributed by atoms with Gasteiger partial charge in [-0.05, 0) is 51.4 Å². The number of unbranched alkanes of at least 4 members (excludes halogenated alkanes) is 2. The molecule has 0 aromatic carbocycles. The van der Waals surface area contributed by atoms with Crippen molar-refractivity contribution < 1.29 is 133 Å². The molecule has 0 aliphatic rings. The van der Waals surface area contributed by atoms with Crippen molar-refractivity contribution in [3.8, 4) is 0 Å². The fourth-order valence-corrected chi connectivity index (χ4v) is 8.43. The first-order valence-corrected chi connectivity index (χ1v) is 36.3. The normalized spacial score (nSPS) is 12.1. The quantitative estimate of drug-likeness (QED) is 0.0199. The number of hydrogen-bond acceptors (Lipinski definition) is 32. The number of hydrogen-bond donors (Lipinski definition) is 12. The molecule has 0 radical (unpaired) electrons. The predicted molar refractivity (Wildman–Crippen MR) is 381 cm³/mol. The summed E-state index contributed by atoms with van der Waals surface area (Å²) in [5, 5.41) is 21.8. The van der Waals surface area contributed by atoms with Crippen LogP contribution in [-0.4, -0.2) is 375 Å². The smallest absolute Gasteiger partial charge is 0.328 e. The molecule has 16 N–H and O–H groups in total. The number of amides is 8. The van der Waals surface area contributed by atoms with Crippen molar-refractivity contribution in [2.45, 2.75) is 69.5 Å². The molecule has 0 saturated carbocycles.